The van der Waals surface area contributed by atoms with Crippen LogP contribution in [0.25, 0.3) is 11.1 Å². The number of carbonyl (C=O) groups excluding carboxylic acids is 1. The van der Waals surface area contributed by atoms with E-state index >= 15 is 0 Å². The zero-order chi connectivity index (χ0) is 22.4. The van der Waals surface area contributed by atoms with Crippen molar-refractivity contribution in [3.63, 3.8) is 0 Å². The molecule has 2 atom stereocenters. The van der Waals surface area contributed by atoms with Crippen molar-refractivity contribution < 1.29 is 13.2 Å². The van der Waals surface area contributed by atoms with Gasteiger partial charge in [0.1, 0.15) is 6.04 Å². The number of hydrogen-bond donors (Lipinski definition) is 2. The summed E-state index contributed by atoms with van der Waals surface area (Å²) in [4.78, 5) is 13.1. The fourth-order valence-electron chi connectivity index (χ4n) is 3.21. The van der Waals surface area contributed by atoms with Crippen molar-refractivity contribution in [1.82, 2.24) is 4.72 Å². The lowest BCUT2D eigenvalue weighted by Crippen LogP contribution is -2.47. The Morgan fingerprint density at radius 2 is 1.45 bits per heavy atom. The first kappa shape index (κ1) is 22.7. The molecular formula is C25H28N2O3S. The molecule has 0 fully saturated rings. The van der Waals surface area contributed by atoms with E-state index in [2.05, 4.69) is 10.0 Å². The van der Waals surface area contributed by atoms with Crippen molar-refractivity contribution >= 4 is 21.6 Å². The molecule has 3 aromatic rings. The quantitative estimate of drug-likeness (QED) is 0.522. The molecule has 0 unspecified atom stereocenters. The summed E-state index contributed by atoms with van der Waals surface area (Å²) in [6.07, 6.45) is 0.654. The maximum absolute atomic E-state index is 13.0. The van der Waals surface area contributed by atoms with Crippen LogP contribution in [-0.2, 0) is 14.8 Å². The van der Waals surface area contributed by atoms with Crippen molar-refractivity contribution in [3.8, 4) is 11.1 Å². The Balaban J connectivity index is 1.76. The monoisotopic (exact) mass is 436 g/mol. The lowest BCUT2D eigenvalue weighted by atomic mass is 9.99. The summed E-state index contributed by atoms with van der Waals surface area (Å²) < 4.78 is 28.3. The second-order valence-electron chi connectivity index (χ2n) is 7.73. The van der Waals surface area contributed by atoms with E-state index in [-0.39, 0.29) is 16.7 Å². The predicted octanol–water partition coefficient (Wildman–Crippen LogP) is 4.99. The Morgan fingerprint density at radius 3 is 2.03 bits per heavy atom. The van der Waals surface area contributed by atoms with Crippen LogP contribution in [0.2, 0.25) is 0 Å². The van der Waals surface area contributed by atoms with Gasteiger partial charge in [0, 0.05) is 5.69 Å². The maximum atomic E-state index is 13.0. The molecule has 1 amide bonds. The normalized spacial score (nSPS) is 13.4. The molecule has 162 valence electrons. The van der Waals surface area contributed by atoms with E-state index in [0.29, 0.717) is 12.1 Å². The van der Waals surface area contributed by atoms with Gasteiger partial charge in [-0.2, -0.15) is 4.72 Å². The molecule has 0 aromatic heterocycles. The molecule has 6 heteroatoms. The molecule has 3 rings (SSSR count). The number of nitrogens with one attached hydrogen (secondary N) is 2. The smallest absolute Gasteiger partial charge is 0.242 e. The van der Waals surface area contributed by atoms with Crippen LogP contribution in [0.3, 0.4) is 0 Å². The van der Waals surface area contributed by atoms with Gasteiger partial charge in [-0.25, -0.2) is 8.42 Å². The molecular weight excluding hydrogens is 408 g/mol. The molecule has 0 aliphatic carbocycles. The van der Waals surface area contributed by atoms with E-state index < -0.39 is 16.1 Å². The van der Waals surface area contributed by atoms with Crippen LogP contribution in [0.1, 0.15) is 25.8 Å². The highest BCUT2D eigenvalue weighted by Gasteiger charge is 2.29. The number of anilines is 1. The van der Waals surface area contributed by atoms with Gasteiger partial charge in [-0.15, -0.1) is 0 Å². The lowest BCUT2D eigenvalue weighted by Gasteiger charge is -2.23. The minimum atomic E-state index is -3.82. The van der Waals surface area contributed by atoms with Crippen LogP contribution in [0.4, 0.5) is 5.69 Å². The molecule has 0 bridgehead atoms. The highest BCUT2D eigenvalue weighted by atomic mass is 32.2. The lowest BCUT2D eigenvalue weighted by molar-refractivity contribution is -0.118. The van der Waals surface area contributed by atoms with Gasteiger partial charge < -0.3 is 5.32 Å². The molecule has 0 saturated carbocycles. The minimum absolute atomic E-state index is 0.145. The molecule has 0 radical (unpaired) electrons. The van der Waals surface area contributed by atoms with Crippen LogP contribution in [0, 0.1) is 12.8 Å². The number of rotatable bonds is 8. The first-order valence-corrected chi connectivity index (χ1v) is 11.8. The third-order valence-corrected chi connectivity index (χ3v) is 6.83. The fraction of sp³-hybridized carbons (Fsp3) is 0.240. The molecule has 0 heterocycles. The predicted molar refractivity (Wildman–Crippen MR) is 125 cm³/mol. The molecule has 2 N–H and O–H groups in total. The van der Waals surface area contributed by atoms with Crippen LogP contribution in [0.15, 0.2) is 83.8 Å². The van der Waals surface area contributed by atoms with Crippen LogP contribution < -0.4 is 10.0 Å². The van der Waals surface area contributed by atoms with E-state index in [4.69, 9.17) is 0 Å². The van der Waals surface area contributed by atoms with Gasteiger partial charge in [-0.3, -0.25) is 4.79 Å². The zero-order valence-corrected chi connectivity index (χ0v) is 18.8. The topological polar surface area (TPSA) is 75.3 Å². The third-order valence-electron chi connectivity index (χ3n) is 5.37. The second kappa shape index (κ2) is 9.90. The van der Waals surface area contributed by atoms with Crippen molar-refractivity contribution in [1.29, 1.82) is 0 Å². The van der Waals surface area contributed by atoms with E-state index in [9.17, 15) is 13.2 Å². The van der Waals surface area contributed by atoms with E-state index in [0.717, 1.165) is 16.7 Å². The standard InChI is InChI=1S/C25H28N2O3S/c1-4-19(3)24(27-31(29,30)23-16-10-18(2)11-17-23)25(28)26-22-14-12-21(13-15-22)20-8-6-5-7-9-20/h5-17,19,24,27H,4H2,1-3H3,(H,26,28)/t19-,24-/m1/s1. The van der Waals surface area contributed by atoms with Crippen LogP contribution >= 0.6 is 0 Å². The van der Waals surface area contributed by atoms with E-state index in [1.807, 2.05) is 75.4 Å². The second-order valence-corrected chi connectivity index (χ2v) is 9.44. The minimum Gasteiger partial charge on any atom is -0.325 e. The summed E-state index contributed by atoms with van der Waals surface area (Å²) in [6, 6.07) is 23.1. The number of benzene rings is 3. The number of amides is 1. The molecule has 0 saturated heterocycles. The van der Waals surface area contributed by atoms with Crippen LogP contribution in [0.5, 0.6) is 0 Å². The molecule has 3 aromatic carbocycles. The SMILES string of the molecule is CC[C@@H](C)[C@@H](NS(=O)(=O)c1ccc(C)cc1)C(=O)Nc1ccc(-c2ccccc2)cc1. The Bertz CT molecular complexity index is 1110. The Hall–Kier alpha value is -2.96. The van der Waals surface area contributed by atoms with Gasteiger partial charge in [0.05, 0.1) is 4.90 Å². The van der Waals surface area contributed by atoms with Crippen molar-refractivity contribution in [2.75, 3.05) is 5.32 Å². The summed E-state index contributed by atoms with van der Waals surface area (Å²) in [6.45, 7) is 5.68. The molecule has 0 spiro atoms. The highest BCUT2D eigenvalue weighted by molar-refractivity contribution is 7.89. The maximum Gasteiger partial charge on any atom is 0.242 e. The Labute approximate surface area is 184 Å². The number of aryl methyl sites for hydroxylation is 1. The molecule has 0 aliphatic rings. The fourth-order valence-corrected chi connectivity index (χ4v) is 4.52. The van der Waals surface area contributed by atoms with Crippen molar-refractivity contribution in [2.24, 2.45) is 5.92 Å². The summed E-state index contributed by atoms with van der Waals surface area (Å²) >= 11 is 0. The summed E-state index contributed by atoms with van der Waals surface area (Å²) in [7, 11) is -3.82. The van der Waals surface area contributed by atoms with Gasteiger partial charge in [-0.05, 0) is 48.2 Å². The van der Waals surface area contributed by atoms with Crippen molar-refractivity contribution in [3.05, 3.63) is 84.4 Å². The molecule has 5 nitrogen and oxygen atoms in total. The average Bonchev–Trinajstić information content (AvgIpc) is 2.78. The van der Waals surface area contributed by atoms with Gasteiger partial charge in [-0.1, -0.05) is 80.4 Å². The molecule has 0 aliphatic heterocycles. The Morgan fingerprint density at radius 1 is 0.871 bits per heavy atom. The highest BCUT2D eigenvalue weighted by Crippen LogP contribution is 2.22. The van der Waals surface area contributed by atoms with E-state index in [1.54, 1.807) is 24.3 Å². The van der Waals surface area contributed by atoms with Crippen LogP contribution in [-0.4, -0.2) is 20.4 Å². The van der Waals surface area contributed by atoms with Gasteiger partial charge in [0.25, 0.3) is 0 Å². The summed E-state index contributed by atoms with van der Waals surface area (Å²) in [5, 5.41) is 2.85. The van der Waals surface area contributed by atoms with Gasteiger partial charge in [0.15, 0.2) is 0 Å². The number of sulfonamides is 1. The van der Waals surface area contributed by atoms with Gasteiger partial charge >= 0.3 is 0 Å². The zero-order valence-electron chi connectivity index (χ0n) is 18.0. The largest absolute Gasteiger partial charge is 0.325 e. The average molecular weight is 437 g/mol. The third kappa shape index (κ3) is 5.81. The van der Waals surface area contributed by atoms with Gasteiger partial charge in [0.2, 0.25) is 15.9 Å². The first-order chi connectivity index (χ1) is 14.8. The molecule has 31 heavy (non-hydrogen) atoms. The first-order valence-electron chi connectivity index (χ1n) is 10.4. The summed E-state index contributed by atoms with van der Waals surface area (Å²) in [5.74, 6) is -0.554. The summed E-state index contributed by atoms with van der Waals surface area (Å²) in [5.41, 5.74) is 3.71. The van der Waals surface area contributed by atoms with E-state index in [1.165, 1.54) is 0 Å². The Kier molecular flexibility index (Phi) is 7.25. The number of carbonyl (C=O) groups is 1. The number of hydrogen-bond acceptors (Lipinski definition) is 3. The van der Waals surface area contributed by atoms with Crippen molar-refractivity contribution in [2.45, 2.75) is 38.1 Å².